The van der Waals surface area contributed by atoms with Gasteiger partial charge in [-0.05, 0) is 49.2 Å². The predicted octanol–water partition coefficient (Wildman–Crippen LogP) is 3.73. The van der Waals surface area contributed by atoms with Crippen molar-refractivity contribution in [2.24, 2.45) is 0 Å². The van der Waals surface area contributed by atoms with E-state index in [1.165, 1.54) is 4.90 Å². The largest absolute Gasteiger partial charge is 0.494 e. The highest BCUT2D eigenvalue weighted by Gasteiger charge is 2.34. The SMILES string of the molecule is CCC(=O)c1ccc(OCCCCN2C(=O)c3ccccc3C2=O)cc1. The predicted molar refractivity (Wildman–Crippen MR) is 97.6 cm³/mol. The minimum absolute atomic E-state index is 0.109. The molecule has 5 heteroatoms. The number of carbonyl (C=O) groups is 3. The Balaban J connectivity index is 1.43. The summed E-state index contributed by atoms with van der Waals surface area (Å²) in [6.07, 6.45) is 1.89. The Morgan fingerprint density at radius 3 is 2.12 bits per heavy atom. The maximum atomic E-state index is 12.3. The van der Waals surface area contributed by atoms with Gasteiger partial charge in [-0.25, -0.2) is 0 Å². The summed E-state index contributed by atoms with van der Waals surface area (Å²) < 4.78 is 5.65. The zero-order valence-corrected chi connectivity index (χ0v) is 14.7. The molecule has 2 aromatic carbocycles. The minimum atomic E-state index is -0.220. The van der Waals surface area contributed by atoms with Crippen LogP contribution in [0.15, 0.2) is 48.5 Å². The number of carbonyl (C=O) groups excluding carboxylic acids is 3. The van der Waals surface area contributed by atoms with Gasteiger partial charge in [0.2, 0.25) is 0 Å². The van der Waals surface area contributed by atoms with E-state index in [0.717, 1.165) is 6.42 Å². The highest BCUT2D eigenvalue weighted by Crippen LogP contribution is 2.22. The van der Waals surface area contributed by atoms with Gasteiger partial charge in [0.1, 0.15) is 5.75 Å². The maximum Gasteiger partial charge on any atom is 0.261 e. The summed E-state index contributed by atoms with van der Waals surface area (Å²) in [6.45, 7) is 2.71. The van der Waals surface area contributed by atoms with Crippen molar-refractivity contribution in [3.05, 3.63) is 65.2 Å². The van der Waals surface area contributed by atoms with Crippen molar-refractivity contribution in [1.29, 1.82) is 0 Å². The third kappa shape index (κ3) is 3.67. The van der Waals surface area contributed by atoms with E-state index in [1.54, 1.807) is 48.5 Å². The molecule has 1 aliphatic heterocycles. The lowest BCUT2D eigenvalue weighted by molar-refractivity contribution is 0.0649. The van der Waals surface area contributed by atoms with Crippen LogP contribution in [0.4, 0.5) is 0 Å². The van der Waals surface area contributed by atoms with Gasteiger partial charge in [0.25, 0.3) is 11.8 Å². The first-order valence-corrected chi connectivity index (χ1v) is 8.83. The van der Waals surface area contributed by atoms with Crippen molar-refractivity contribution in [2.45, 2.75) is 26.2 Å². The molecule has 26 heavy (non-hydrogen) atoms. The first-order valence-electron chi connectivity index (χ1n) is 8.83. The molecular weight excluding hydrogens is 330 g/mol. The van der Waals surface area contributed by atoms with Crippen LogP contribution in [0.5, 0.6) is 5.75 Å². The molecule has 0 unspecified atom stereocenters. The number of benzene rings is 2. The molecule has 0 bridgehead atoms. The van der Waals surface area contributed by atoms with Gasteiger partial charge in [-0.2, -0.15) is 0 Å². The fraction of sp³-hybridized carbons (Fsp3) is 0.286. The molecule has 0 spiro atoms. The number of ether oxygens (including phenoxy) is 1. The van der Waals surface area contributed by atoms with Crippen LogP contribution in [0.1, 0.15) is 57.3 Å². The normalized spacial score (nSPS) is 13.0. The summed E-state index contributed by atoms with van der Waals surface area (Å²) in [4.78, 5) is 37.4. The molecule has 2 aromatic rings. The molecule has 0 N–H and O–H groups in total. The summed E-state index contributed by atoms with van der Waals surface area (Å²) in [7, 11) is 0. The van der Waals surface area contributed by atoms with E-state index in [9.17, 15) is 14.4 Å². The summed E-state index contributed by atoms with van der Waals surface area (Å²) in [5.41, 5.74) is 1.65. The van der Waals surface area contributed by atoms with Gasteiger partial charge in [-0.3, -0.25) is 19.3 Å². The van der Waals surface area contributed by atoms with Crippen molar-refractivity contribution in [3.8, 4) is 5.75 Å². The third-order valence-corrected chi connectivity index (χ3v) is 4.42. The number of amides is 2. The van der Waals surface area contributed by atoms with Gasteiger partial charge in [0.05, 0.1) is 17.7 Å². The fourth-order valence-electron chi connectivity index (χ4n) is 2.95. The van der Waals surface area contributed by atoms with Crippen LogP contribution in [-0.4, -0.2) is 35.6 Å². The lowest BCUT2D eigenvalue weighted by atomic mass is 10.1. The van der Waals surface area contributed by atoms with E-state index < -0.39 is 0 Å². The van der Waals surface area contributed by atoms with Gasteiger partial charge >= 0.3 is 0 Å². The van der Waals surface area contributed by atoms with Crippen LogP contribution >= 0.6 is 0 Å². The smallest absolute Gasteiger partial charge is 0.261 e. The first kappa shape index (κ1) is 17.9. The van der Waals surface area contributed by atoms with Gasteiger partial charge in [-0.1, -0.05) is 19.1 Å². The number of imide groups is 1. The second-order valence-corrected chi connectivity index (χ2v) is 6.16. The summed E-state index contributed by atoms with van der Waals surface area (Å²) in [6, 6.07) is 14.0. The molecule has 0 atom stereocenters. The summed E-state index contributed by atoms with van der Waals surface area (Å²) in [5.74, 6) is 0.376. The minimum Gasteiger partial charge on any atom is -0.494 e. The van der Waals surface area contributed by atoms with E-state index >= 15 is 0 Å². The molecule has 0 fully saturated rings. The molecule has 0 aromatic heterocycles. The highest BCUT2D eigenvalue weighted by atomic mass is 16.5. The summed E-state index contributed by atoms with van der Waals surface area (Å²) >= 11 is 0. The van der Waals surface area contributed by atoms with Gasteiger partial charge in [0.15, 0.2) is 5.78 Å². The zero-order chi connectivity index (χ0) is 18.5. The average Bonchev–Trinajstić information content (AvgIpc) is 2.92. The van der Waals surface area contributed by atoms with Crippen LogP contribution in [-0.2, 0) is 0 Å². The molecule has 1 aliphatic rings. The lowest BCUT2D eigenvalue weighted by Gasteiger charge is -2.13. The number of Topliss-reactive ketones (excluding diaryl/α,β-unsaturated/α-hetero) is 1. The van der Waals surface area contributed by atoms with E-state index in [1.807, 2.05) is 6.92 Å². The van der Waals surface area contributed by atoms with Crippen LogP contribution in [0, 0.1) is 0 Å². The van der Waals surface area contributed by atoms with Crippen LogP contribution in [0.3, 0.4) is 0 Å². The van der Waals surface area contributed by atoms with Crippen molar-refractivity contribution in [2.75, 3.05) is 13.2 Å². The number of hydrogen-bond donors (Lipinski definition) is 0. The van der Waals surface area contributed by atoms with Crippen molar-refractivity contribution >= 4 is 17.6 Å². The van der Waals surface area contributed by atoms with E-state index in [4.69, 9.17) is 4.74 Å². The average molecular weight is 351 g/mol. The third-order valence-electron chi connectivity index (χ3n) is 4.42. The van der Waals surface area contributed by atoms with Crippen molar-refractivity contribution < 1.29 is 19.1 Å². The standard InChI is InChI=1S/C21H21NO4/c1-2-19(23)15-9-11-16(12-10-15)26-14-6-5-13-22-20(24)17-7-3-4-8-18(17)21(22)25/h3-4,7-12H,2,5-6,13-14H2,1H3. The molecule has 0 radical (unpaired) electrons. The second-order valence-electron chi connectivity index (χ2n) is 6.16. The Kier molecular flexibility index (Phi) is 5.46. The Morgan fingerprint density at radius 1 is 0.923 bits per heavy atom. The van der Waals surface area contributed by atoms with Crippen LogP contribution in [0.25, 0.3) is 0 Å². The van der Waals surface area contributed by atoms with Gasteiger partial charge in [0, 0.05) is 18.5 Å². The highest BCUT2D eigenvalue weighted by molar-refractivity contribution is 6.21. The van der Waals surface area contributed by atoms with Crippen molar-refractivity contribution in [3.63, 3.8) is 0 Å². The number of unbranched alkanes of at least 4 members (excludes halogenated alkanes) is 1. The topological polar surface area (TPSA) is 63.7 Å². The number of ketones is 1. The van der Waals surface area contributed by atoms with E-state index in [2.05, 4.69) is 0 Å². The molecule has 134 valence electrons. The molecule has 5 nitrogen and oxygen atoms in total. The summed E-state index contributed by atoms with van der Waals surface area (Å²) in [5, 5.41) is 0. The first-order chi connectivity index (χ1) is 12.6. The van der Waals surface area contributed by atoms with Gasteiger partial charge in [-0.15, -0.1) is 0 Å². The number of nitrogens with zero attached hydrogens (tertiary/aromatic N) is 1. The second kappa shape index (κ2) is 7.95. The Labute approximate surface area is 152 Å². The molecule has 0 aliphatic carbocycles. The Hall–Kier alpha value is -2.95. The lowest BCUT2D eigenvalue weighted by Crippen LogP contribution is -2.30. The molecular formula is C21H21NO4. The molecule has 0 saturated carbocycles. The van der Waals surface area contributed by atoms with E-state index in [-0.39, 0.29) is 17.6 Å². The molecule has 1 heterocycles. The molecule has 2 amide bonds. The van der Waals surface area contributed by atoms with Crippen molar-refractivity contribution in [1.82, 2.24) is 4.90 Å². The molecule has 0 saturated heterocycles. The molecule has 3 rings (SSSR count). The van der Waals surface area contributed by atoms with Gasteiger partial charge < -0.3 is 4.74 Å². The van der Waals surface area contributed by atoms with E-state index in [0.29, 0.717) is 48.4 Å². The number of rotatable bonds is 8. The maximum absolute atomic E-state index is 12.3. The fourth-order valence-corrected chi connectivity index (χ4v) is 2.95. The Morgan fingerprint density at radius 2 is 1.54 bits per heavy atom. The number of hydrogen-bond acceptors (Lipinski definition) is 4. The quantitative estimate of drug-likeness (QED) is 0.413. The zero-order valence-electron chi connectivity index (χ0n) is 14.7. The monoisotopic (exact) mass is 351 g/mol. The van der Waals surface area contributed by atoms with Crippen LogP contribution in [0.2, 0.25) is 0 Å². The number of fused-ring (bicyclic) bond motifs is 1. The van der Waals surface area contributed by atoms with Crippen LogP contribution < -0.4 is 4.74 Å². The Bertz CT molecular complexity index is 791.